The molecular weight excluding hydrogens is 418 g/mol. The number of benzene rings is 2. The Labute approximate surface area is 178 Å². The molecule has 0 bridgehead atoms. The van der Waals surface area contributed by atoms with Crippen LogP contribution in [0.4, 0.5) is 0 Å². The molecule has 154 valence electrons. The average molecular weight is 440 g/mol. The van der Waals surface area contributed by atoms with Crippen molar-refractivity contribution in [3.05, 3.63) is 70.6 Å². The van der Waals surface area contributed by atoms with Gasteiger partial charge < -0.3 is 9.32 Å². The highest BCUT2D eigenvalue weighted by atomic mass is 32.2. The van der Waals surface area contributed by atoms with E-state index in [1.807, 2.05) is 53.9 Å². The van der Waals surface area contributed by atoms with Crippen molar-refractivity contribution in [3.8, 4) is 0 Å². The van der Waals surface area contributed by atoms with E-state index < -0.39 is 9.84 Å². The van der Waals surface area contributed by atoms with E-state index in [4.69, 9.17) is 4.42 Å². The van der Waals surface area contributed by atoms with Gasteiger partial charge in [0, 0.05) is 21.9 Å². The highest BCUT2D eigenvalue weighted by Gasteiger charge is 2.35. The van der Waals surface area contributed by atoms with Crippen LogP contribution in [0.2, 0.25) is 0 Å². The second-order valence-electron chi connectivity index (χ2n) is 7.76. The van der Waals surface area contributed by atoms with Crippen LogP contribution in [0.25, 0.3) is 21.7 Å². The maximum atomic E-state index is 13.4. The molecule has 30 heavy (non-hydrogen) atoms. The number of sulfone groups is 1. The van der Waals surface area contributed by atoms with E-state index in [-0.39, 0.29) is 29.9 Å². The van der Waals surface area contributed by atoms with Crippen molar-refractivity contribution in [2.45, 2.75) is 25.4 Å². The van der Waals surface area contributed by atoms with Gasteiger partial charge >= 0.3 is 0 Å². The summed E-state index contributed by atoms with van der Waals surface area (Å²) >= 11 is 1.58. The van der Waals surface area contributed by atoms with Gasteiger partial charge in [-0.1, -0.05) is 36.4 Å². The molecule has 1 saturated heterocycles. The molecule has 1 fully saturated rings. The molecule has 0 saturated carbocycles. The minimum absolute atomic E-state index is 0.0409. The van der Waals surface area contributed by atoms with Crippen molar-refractivity contribution in [1.82, 2.24) is 4.90 Å². The third-order valence-electron chi connectivity index (χ3n) is 5.76. The molecule has 2 aromatic heterocycles. The largest absolute Gasteiger partial charge is 0.464 e. The molecule has 4 aromatic rings. The average Bonchev–Trinajstić information content (AvgIpc) is 3.46. The summed E-state index contributed by atoms with van der Waals surface area (Å²) < 4.78 is 29.9. The fourth-order valence-corrected chi connectivity index (χ4v) is 6.71. The lowest BCUT2D eigenvalue weighted by Crippen LogP contribution is -2.41. The van der Waals surface area contributed by atoms with E-state index in [0.29, 0.717) is 13.0 Å². The Balaban J connectivity index is 1.49. The highest BCUT2D eigenvalue weighted by Crippen LogP contribution is 2.31. The van der Waals surface area contributed by atoms with Crippen LogP contribution in [0.5, 0.6) is 0 Å². The van der Waals surface area contributed by atoms with Gasteiger partial charge in [0.2, 0.25) is 5.91 Å². The molecule has 7 heteroatoms. The zero-order chi connectivity index (χ0) is 20.7. The third-order valence-corrected chi connectivity index (χ3v) is 8.37. The first-order chi connectivity index (χ1) is 14.5. The van der Waals surface area contributed by atoms with Crippen LogP contribution in [-0.4, -0.2) is 36.8 Å². The first kappa shape index (κ1) is 19.3. The minimum Gasteiger partial charge on any atom is -0.464 e. The van der Waals surface area contributed by atoms with E-state index in [2.05, 4.69) is 0 Å². The monoisotopic (exact) mass is 439 g/mol. The molecule has 5 nitrogen and oxygen atoms in total. The number of carbonyl (C=O) groups excluding carboxylic acids is 1. The van der Waals surface area contributed by atoms with Gasteiger partial charge in [-0.15, -0.1) is 11.3 Å². The standard InChI is InChI=1S/C23H21NO4S2/c25-22(24(13-19-5-3-10-29-19)18-9-11-30(26,27)15-18)12-17-14-28-21-8-7-16-4-1-2-6-20(16)23(17)21/h1-8,10,14,18H,9,11-13,15H2. The van der Waals surface area contributed by atoms with Crippen LogP contribution in [0, 0.1) is 0 Å². The summed E-state index contributed by atoms with van der Waals surface area (Å²) in [6.07, 6.45) is 2.33. The number of hydrogen-bond donors (Lipinski definition) is 0. The van der Waals surface area contributed by atoms with Crippen molar-refractivity contribution < 1.29 is 17.6 Å². The summed E-state index contributed by atoms with van der Waals surface area (Å²) in [4.78, 5) is 16.2. The number of carbonyl (C=O) groups is 1. The molecule has 0 N–H and O–H groups in total. The Morgan fingerprint density at radius 1 is 1.13 bits per heavy atom. The van der Waals surface area contributed by atoms with Gasteiger partial charge in [0.05, 0.1) is 30.7 Å². The van der Waals surface area contributed by atoms with Gasteiger partial charge in [-0.05, 0) is 34.7 Å². The van der Waals surface area contributed by atoms with E-state index in [1.165, 1.54) is 0 Å². The van der Waals surface area contributed by atoms with Gasteiger partial charge in [-0.3, -0.25) is 4.79 Å². The molecule has 2 aromatic carbocycles. The maximum absolute atomic E-state index is 13.4. The topological polar surface area (TPSA) is 67.6 Å². The predicted octanol–water partition coefficient (Wildman–Crippen LogP) is 4.41. The Kier molecular flexibility index (Phi) is 4.87. The first-order valence-corrected chi connectivity index (χ1v) is 12.6. The van der Waals surface area contributed by atoms with Crippen molar-refractivity contribution in [2.24, 2.45) is 0 Å². The molecule has 1 atom stereocenters. The van der Waals surface area contributed by atoms with E-state index >= 15 is 0 Å². The van der Waals surface area contributed by atoms with Gasteiger partial charge in [-0.2, -0.15) is 0 Å². The summed E-state index contributed by atoms with van der Waals surface area (Å²) in [5.41, 5.74) is 1.59. The Morgan fingerprint density at radius 3 is 2.77 bits per heavy atom. The summed E-state index contributed by atoms with van der Waals surface area (Å²) in [5.74, 6) is 0.116. The molecule has 1 aliphatic heterocycles. The van der Waals surface area contributed by atoms with E-state index in [9.17, 15) is 13.2 Å². The quantitative estimate of drug-likeness (QED) is 0.462. The van der Waals surface area contributed by atoms with Crippen LogP contribution in [-0.2, 0) is 27.6 Å². The molecule has 0 spiro atoms. The lowest BCUT2D eigenvalue weighted by molar-refractivity contribution is -0.133. The van der Waals surface area contributed by atoms with Crippen LogP contribution < -0.4 is 0 Å². The lowest BCUT2D eigenvalue weighted by atomic mass is 10.0. The van der Waals surface area contributed by atoms with Crippen molar-refractivity contribution >= 4 is 48.8 Å². The van der Waals surface area contributed by atoms with Crippen LogP contribution in [0.15, 0.2) is 64.6 Å². The van der Waals surface area contributed by atoms with E-state index in [1.54, 1.807) is 22.5 Å². The zero-order valence-electron chi connectivity index (χ0n) is 16.3. The molecule has 0 aliphatic carbocycles. The molecule has 0 radical (unpaired) electrons. The molecular formula is C23H21NO4S2. The molecule has 1 unspecified atom stereocenters. The van der Waals surface area contributed by atoms with Crippen LogP contribution in [0.3, 0.4) is 0 Å². The Morgan fingerprint density at radius 2 is 2.00 bits per heavy atom. The summed E-state index contributed by atoms with van der Waals surface area (Å²) in [7, 11) is -3.09. The number of hydrogen-bond acceptors (Lipinski definition) is 5. The predicted molar refractivity (Wildman–Crippen MR) is 119 cm³/mol. The van der Waals surface area contributed by atoms with Gasteiger partial charge in [0.1, 0.15) is 5.58 Å². The fraction of sp³-hybridized carbons (Fsp3) is 0.261. The summed E-state index contributed by atoms with van der Waals surface area (Å²) in [6, 6.07) is 15.6. The summed E-state index contributed by atoms with van der Waals surface area (Å²) in [6.45, 7) is 0.438. The Hall–Kier alpha value is -2.64. The maximum Gasteiger partial charge on any atom is 0.227 e. The van der Waals surface area contributed by atoms with E-state index in [0.717, 1.165) is 32.2 Å². The highest BCUT2D eigenvalue weighted by molar-refractivity contribution is 7.91. The van der Waals surface area contributed by atoms with Crippen LogP contribution >= 0.6 is 11.3 Å². The second kappa shape index (κ2) is 7.56. The number of fused-ring (bicyclic) bond motifs is 3. The molecule has 5 rings (SSSR count). The number of furan rings is 1. The van der Waals surface area contributed by atoms with Gasteiger partial charge in [0.15, 0.2) is 9.84 Å². The molecule has 1 aliphatic rings. The Bertz CT molecular complexity index is 1320. The second-order valence-corrected chi connectivity index (χ2v) is 11.0. The number of thiophene rings is 1. The van der Waals surface area contributed by atoms with Gasteiger partial charge in [0.25, 0.3) is 0 Å². The minimum atomic E-state index is -3.09. The fourth-order valence-electron chi connectivity index (χ4n) is 4.28. The number of rotatable bonds is 5. The zero-order valence-corrected chi connectivity index (χ0v) is 17.9. The number of nitrogens with zero attached hydrogens (tertiary/aromatic N) is 1. The normalized spacial score (nSPS) is 18.2. The van der Waals surface area contributed by atoms with Crippen molar-refractivity contribution in [2.75, 3.05) is 11.5 Å². The summed E-state index contributed by atoms with van der Waals surface area (Å²) in [5, 5.41) is 5.08. The molecule has 3 heterocycles. The van der Waals surface area contributed by atoms with Gasteiger partial charge in [-0.25, -0.2) is 8.42 Å². The number of amides is 1. The lowest BCUT2D eigenvalue weighted by Gasteiger charge is -2.28. The SMILES string of the molecule is O=C(Cc1coc2ccc3ccccc3c12)N(Cc1cccs1)C1CCS(=O)(=O)C1. The first-order valence-electron chi connectivity index (χ1n) is 9.90. The van der Waals surface area contributed by atoms with Crippen molar-refractivity contribution in [1.29, 1.82) is 0 Å². The van der Waals surface area contributed by atoms with Crippen LogP contribution in [0.1, 0.15) is 16.9 Å². The smallest absolute Gasteiger partial charge is 0.227 e. The van der Waals surface area contributed by atoms with Crippen molar-refractivity contribution in [3.63, 3.8) is 0 Å². The molecule has 1 amide bonds. The third kappa shape index (κ3) is 3.63.